The average molecular weight is 358 g/mol. The molecular formula is C18H18N2O4S. The molecule has 0 radical (unpaired) electrons. The fourth-order valence-electron chi connectivity index (χ4n) is 2.88. The third-order valence-electron chi connectivity index (χ3n) is 4.24. The molecule has 0 bridgehead atoms. The Labute approximate surface area is 146 Å². The number of hydrogen-bond acceptors (Lipinski definition) is 4. The molecule has 6 nitrogen and oxygen atoms in total. The van der Waals surface area contributed by atoms with E-state index in [0.29, 0.717) is 9.99 Å². The fourth-order valence-corrected chi connectivity index (χ4v) is 4.60. The summed E-state index contributed by atoms with van der Waals surface area (Å²) >= 11 is 0. The molecule has 1 aliphatic rings. The quantitative estimate of drug-likeness (QED) is 0.910. The summed E-state index contributed by atoms with van der Waals surface area (Å²) in [6, 6.07) is 12.1. The van der Waals surface area contributed by atoms with E-state index in [-0.39, 0.29) is 10.5 Å². The molecule has 0 spiro atoms. The second-order valence-corrected chi connectivity index (χ2v) is 7.56. The van der Waals surface area contributed by atoms with Crippen LogP contribution in [0, 0.1) is 0 Å². The van der Waals surface area contributed by atoms with Crippen molar-refractivity contribution in [2.45, 2.75) is 31.2 Å². The molecule has 0 saturated carbocycles. The summed E-state index contributed by atoms with van der Waals surface area (Å²) in [7, 11) is -4.02. The lowest BCUT2D eigenvalue weighted by Crippen LogP contribution is -2.45. The maximum Gasteiger partial charge on any atom is 0.269 e. The molecule has 2 amide bonds. The minimum atomic E-state index is -4.02. The van der Waals surface area contributed by atoms with Crippen molar-refractivity contribution in [1.29, 1.82) is 0 Å². The second kappa shape index (κ2) is 6.33. The molecule has 2 aromatic rings. The third-order valence-corrected chi connectivity index (χ3v) is 6.15. The van der Waals surface area contributed by atoms with E-state index in [2.05, 4.69) is 5.32 Å². The Morgan fingerprint density at radius 3 is 2.44 bits per heavy atom. The number of para-hydroxylation sites is 1. The Bertz CT molecular complexity index is 953. The number of rotatable bonds is 4. The Hall–Kier alpha value is -2.67. The van der Waals surface area contributed by atoms with Crippen molar-refractivity contribution in [2.24, 2.45) is 0 Å². The van der Waals surface area contributed by atoms with E-state index in [1.807, 2.05) is 19.1 Å². The van der Waals surface area contributed by atoms with Crippen LogP contribution in [0.3, 0.4) is 0 Å². The minimum absolute atomic E-state index is 0.0615. The van der Waals surface area contributed by atoms with Crippen LogP contribution in [0.15, 0.2) is 53.4 Å². The van der Waals surface area contributed by atoms with Crippen LogP contribution in [0.2, 0.25) is 0 Å². The lowest BCUT2D eigenvalue weighted by atomic mass is 10.1. The summed E-state index contributed by atoms with van der Waals surface area (Å²) in [4.78, 5) is 25.0. The Morgan fingerprint density at radius 1 is 1.12 bits per heavy atom. The topological polar surface area (TPSA) is 83.6 Å². The summed E-state index contributed by atoms with van der Waals surface area (Å²) in [5.41, 5.74) is 1.64. The van der Waals surface area contributed by atoms with Crippen LogP contribution in [0.5, 0.6) is 0 Å². The van der Waals surface area contributed by atoms with E-state index in [1.54, 1.807) is 24.3 Å². The molecule has 0 aromatic heterocycles. The molecule has 1 N–H and O–H groups in total. The Balaban J connectivity index is 1.90. The summed E-state index contributed by atoms with van der Waals surface area (Å²) in [5.74, 6) is -1.23. The number of carbonyl (C=O) groups excluding carboxylic acids is 2. The van der Waals surface area contributed by atoms with Gasteiger partial charge in [-0.15, -0.1) is 0 Å². The van der Waals surface area contributed by atoms with E-state index in [4.69, 9.17) is 0 Å². The highest BCUT2D eigenvalue weighted by molar-refractivity contribution is 7.90. The van der Waals surface area contributed by atoms with Gasteiger partial charge in [-0.2, -0.15) is 0 Å². The number of carbonyl (C=O) groups is 2. The first-order valence-electron chi connectivity index (χ1n) is 7.94. The van der Waals surface area contributed by atoms with Crippen molar-refractivity contribution in [3.05, 3.63) is 59.7 Å². The number of aryl methyl sites for hydroxylation is 1. The molecule has 1 unspecified atom stereocenters. The number of fused-ring (bicyclic) bond motifs is 1. The zero-order valence-electron chi connectivity index (χ0n) is 13.9. The van der Waals surface area contributed by atoms with E-state index < -0.39 is 27.9 Å². The zero-order valence-corrected chi connectivity index (χ0v) is 14.7. The van der Waals surface area contributed by atoms with Gasteiger partial charge in [0.2, 0.25) is 5.91 Å². The summed E-state index contributed by atoms with van der Waals surface area (Å²) < 4.78 is 25.9. The predicted molar refractivity (Wildman–Crippen MR) is 93.7 cm³/mol. The molecule has 7 heteroatoms. The number of sulfonamides is 1. The largest absolute Gasteiger partial charge is 0.324 e. The molecule has 2 aromatic carbocycles. The molecule has 1 aliphatic heterocycles. The number of anilines is 1. The van der Waals surface area contributed by atoms with Gasteiger partial charge in [0.1, 0.15) is 10.9 Å². The van der Waals surface area contributed by atoms with E-state index in [9.17, 15) is 18.0 Å². The Kier molecular flexibility index (Phi) is 4.34. The average Bonchev–Trinajstić information content (AvgIpc) is 2.81. The molecule has 0 saturated heterocycles. The SMILES string of the molecule is CCc1ccccc1NC(=O)C(C)N1C(=O)c2ccccc2S1(=O)=O. The molecule has 1 atom stereocenters. The second-order valence-electron chi connectivity index (χ2n) is 5.78. The van der Waals surface area contributed by atoms with Crippen molar-refractivity contribution in [1.82, 2.24) is 4.31 Å². The first kappa shape index (κ1) is 17.2. The molecular weight excluding hydrogens is 340 g/mol. The molecule has 130 valence electrons. The van der Waals surface area contributed by atoms with E-state index in [1.165, 1.54) is 19.1 Å². The Morgan fingerprint density at radius 2 is 1.76 bits per heavy atom. The monoisotopic (exact) mass is 358 g/mol. The molecule has 0 fully saturated rings. The number of nitrogens with zero attached hydrogens (tertiary/aromatic N) is 1. The first-order chi connectivity index (χ1) is 11.9. The van der Waals surface area contributed by atoms with Crippen LogP contribution < -0.4 is 5.32 Å². The van der Waals surface area contributed by atoms with E-state index >= 15 is 0 Å². The lowest BCUT2D eigenvalue weighted by Gasteiger charge is -2.23. The number of hydrogen-bond donors (Lipinski definition) is 1. The van der Waals surface area contributed by atoms with Crippen molar-refractivity contribution in [3.8, 4) is 0 Å². The van der Waals surface area contributed by atoms with Gasteiger partial charge in [-0.05, 0) is 37.1 Å². The van der Waals surface area contributed by atoms with Gasteiger partial charge in [0.05, 0.1) is 5.56 Å². The third kappa shape index (κ3) is 2.80. The van der Waals surface area contributed by atoms with Crippen LogP contribution in [-0.4, -0.2) is 30.6 Å². The summed E-state index contributed by atoms with van der Waals surface area (Å²) in [6.07, 6.45) is 0.719. The standard InChI is InChI=1S/C18H18N2O4S/c1-3-13-8-4-6-10-15(13)19-17(21)12(2)20-18(22)14-9-5-7-11-16(14)25(20,23)24/h4-12H,3H2,1-2H3,(H,19,21). The van der Waals surface area contributed by atoms with Crippen LogP contribution in [0.4, 0.5) is 5.69 Å². The smallest absolute Gasteiger partial charge is 0.269 e. The van der Waals surface area contributed by atoms with Gasteiger partial charge in [0.25, 0.3) is 15.9 Å². The number of nitrogens with one attached hydrogen (secondary N) is 1. The normalized spacial score (nSPS) is 16.4. The van der Waals surface area contributed by atoms with Gasteiger partial charge >= 0.3 is 0 Å². The lowest BCUT2D eigenvalue weighted by molar-refractivity contribution is -0.118. The van der Waals surface area contributed by atoms with E-state index in [0.717, 1.165) is 12.0 Å². The van der Waals surface area contributed by atoms with Crippen molar-refractivity contribution in [2.75, 3.05) is 5.32 Å². The maximum atomic E-state index is 12.6. The van der Waals surface area contributed by atoms with Crippen molar-refractivity contribution in [3.63, 3.8) is 0 Å². The van der Waals surface area contributed by atoms with Crippen molar-refractivity contribution >= 4 is 27.5 Å². The van der Waals surface area contributed by atoms with Gasteiger partial charge in [-0.3, -0.25) is 9.59 Å². The molecule has 25 heavy (non-hydrogen) atoms. The number of amides is 2. The van der Waals surface area contributed by atoms with Crippen LogP contribution in [0.1, 0.15) is 29.8 Å². The van der Waals surface area contributed by atoms with Crippen LogP contribution in [-0.2, 0) is 21.2 Å². The number of benzene rings is 2. The predicted octanol–water partition coefficient (Wildman–Crippen LogP) is 2.42. The molecule has 3 rings (SSSR count). The fraction of sp³-hybridized carbons (Fsp3) is 0.222. The van der Waals surface area contributed by atoms with Gasteiger partial charge in [-0.1, -0.05) is 37.3 Å². The molecule has 1 heterocycles. The highest BCUT2D eigenvalue weighted by atomic mass is 32.2. The van der Waals surface area contributed by atoms with Gasteiger partial charge in [0, 0.05) is 5.69 Å². The van der Waals surface area contributed by atoms with Gasteiger partial charge in [0.15, 0.2) is 0 Å². The van der Waals surface area contributed by atoms with Crippen LogP contribution >= 0.6 is 0 Å². The van der Waals surface area contributed by atoms with Gasteiger partial charge < -0.3 is 5.32 Å². The highest BCUT2D eigenvalue weighted by Crippen LogP contribution is 2.32. The van der Waals surface area contributed by atoms with Crippen LogP contribution in [0.25, 0.3) is 0 Å². The summed E-state index contributed by atoms with van der Waals surface area (Å²) in [6.45, 7) is 3.37. The highest BCUT2D eigenvalue weighted by Gasteiger charge is 2.45. The minimum Gasteiger partial charge on any atom is -0.324 e. The van der Waals surface area contributed by atoms with Gasteiger partial charge in [-0.25, -0.2) is 12.7 Å². The first-order valence-corrected chi connectivity index (χ1v) is 9.38. The zero-order chi connectivity index (χ0) is 18.2. The molecule has 0 aliphatic carbocycles. The summed E-state index contributed by atoms with van der Waals surface area (Å²) in [5, 5.41) is 2.73. The maximum absolute atomic E-state index is 12.6. The van der Waals surface area contributed by atoms with Crippen molar-refractivity contribution < 1.29 is 18.0 Å².